The second-order valence-electron chi connectivity index (χ2n) is 18.0. The number of carboxylic acid groups (broad SMARTS) is 1. The zero-order valence-electron chi connectivity index (χ0n) is 39.9. The summed E-state index contributed by atoms with van der Waals surface area (Å²) < 4.78 is 6.04. The van der Waals surface area contributed by atoms with Crippen LogP contribution in [0.5, 0.6) is 0 Å². The average Bonchev–Trinajstić information content (AvgIpc) is 3.25. The van der Waals surface area contributed by atoms with Crippen molar-refractivity contribution in [1.29, 1.82) is 0 Å². The molecule has 61 heavy (non-hydrogen) atoms. The van der Waals surface area contributed by atoms with Gasteiger partial charge in [-0.05, 0) is 57.8 Å². The Kier molecular flexibility index (Phi) is 45.2. The maximum absolute atomic E-state index is 12.9. The fraction of sp³-hybridized carbons (Fsp3) is 0.885. The molecule has 9 nitrogen and oxygen atoms in total. The van der Waals surface area contributed by atoms with Crippen LogP contribution in [-0.2, 0) is 23.9 Å². The SMILES string of the molecule is CCCCCCCC/C=C\CCCC(CCCCCCCC(=O)NCC(=O)NC(CO)C(=O)O)OC(=O)CCCCCCCCCCCCCCCCCCCCCCCC. The van der Waals surface area contributed by atoms with Crippen LogP contribution in [0.3, 0.4) is 0 Å². The number of allylic oxidation sites excluding steroid dienone is 2. The molecule has 2 amide bonds. The molecule has 0 aromatic carbocycles. The zero-order valence-corrected chi connectivity index (χ0v) is 39.9. The van der Waals surface area contributed by atoms with E-state index in [9.17, 15) is 19.2 Å². The highest BCUT2D eigenvalue weighted by Crippen LogP contribution is 2.19. The van der Waals surface area contributed by atoms with Gasteiger partial charge in [-0.3, -0.25) is 14.4 Å². The highest BCUT2D eigenvalue weighted by molar-refractivity contribution is 5.87. The molecule has 358 valence electrons. The standard InChI is InChI=1S/C52H98N2O7/c1-3-5-7-9-11-13-15-16-17-18-19-20-21-22-23-24-25-27-29-31-36-40-44-51(58)61-47(41-37-33-30-28-26-14-12-10-8-6-4-2)42-38-34-32-35-39-43-49(56)53-45-50(57)54-48(46-55)52(59)60/h28,30,47-48,55H,3-27,29,31-46H2,1-2H3,(H,53,56)(H,54,57)(H,59,60)/b30-28-. The third kappa shape index (κ3) is 44.0. The molecule has 0 aromatic rings. The van der Waals surface area contributed by atoms with Crippen LogP contribution < -0.4 is 10.6 Å². The minimum Gasteiger partial charge on any atom is -0.480 e. The molecule has 0 rings (SSSR count). The smallest absolute Gasteiger partial charge is 0.328 e. The first-order valence-corrected chi connectivity index (χ1v) is 26.1. The van der Waals surface area contributed by atoms with Crippen LogP contribution in [0.25, 0.3) is 0 Å². The molecule has 0 aliphatic heterocycles. The van der Waals surface area contributed by atoms with E-state index in [1.54, 1.807) is 0 Å². The topological polar surface area (TPSA) is 142 Å². The van der Waals surface area contributed by atoms with E-state index in [-0.39, 0.29) is 24.5 Å². The van der Waals surface area contributed by atoms with Gasteiger partial charge in [-0.2, -0.15) is 0 Å². The maximum atomic E-state index is 12.9. The van der Waals surface area contributed by atoms with Crippen LogP contribution in [-0.4, -0.2) is 59.3 Å². The van der Waals surface area contributed by atoms with Gasteiger partial charge < -0.3 is 25.6 Å². The molecule has 9 heteroatoms. The molecular weight excluding hydrogens is 765 g/mol. The van der Waals surface area contributed by atoms with Crippen LogP contribution in [0.1, 0.15) is 271 Å². The van der Waals surface area contributed by atoms with Gasteiger partial charge in [0.15, 0.2) is 0 Å². The molecule has 0 aliphatic carbocycles. The summed E-state index contributed by atoms with van der Waals surface area (Å²) in [6.07, 6.45) is 52.6. The van der Waals surface area contributed by atoms with Crippen molar-refractivity contribution in [2.45, 2.75) is 283 Å². The van der Waals surface area contributed by atoms with E-state index in [2.05, 4.69) is 36.6 Å². The Morgan fingerprint density at radius 2 is 0.852 bits per heavy atom. The molecule has 4 N–H and O–H groups in total. The van der Waals surface area contributed by atoms with Crippen LogP contribution in [0, 0.1) is 0 Å². The number of rotatable bonds is 48. The Bertz CT molecular complexity index is 1040. The normalized spacial score (nSPS) is 12.4. The molecule has 0 bridgehead atoms. The summed E-state index contributed by atoms with van der Waals surface area (Å²) in [5.74, 6) is -2.29. The number of carboxylic acids is 1. The molecule has 0 saturated heterocycles. The number of carbonyl (C=O) groups is 4. The van der Waals surface area contributed by atoms with Gasteiger partial charge in [-0.15, -0.1) is 0 Å². The summed E-state index contributed by atoms with van der Waals surface area (Å²) in [4.78, 5) is 47.7. The summed E-state index contributed by atoms with van der Waals surface area (Å²) >= 11 is 0. The fourth-order valence-electron chi connectivity index (χ4n) is 8.01. The highest BCUT2D eigenvalue weighted by atomic mass is 16.5. The third-order valence-electron chi connectivity index (χ3n) is 12.0. The average molecular weight is 863 g/mol. The molecule has 0 aliphatic rings. The lowest BCUT2D eigenvalue weighted by atomic mass is 10.0. The molecule has 0 aromatic heterocycles. The largest absolute Gasteiger partial charge is 0.480 e. The molecule has 2 atom stereocenters. The number of aliphatic carboxylic acids is 1. The number of unbranched alkanes of at least 4 members (excludes halogenated alkanes) is 32. The quantitative estimate of drug-likeness (QED) is 0.0271. The van der Waals surface area contributed by atoms with Crippen LogP contribution in [0.15, 0.2) is 12.2 Å². The Morgan fingerprint density at radius 3 is 1.30 bits per heavy atom. The number of hydrogen-bond acceptors (Lipinski definition) is 6. The lowest BCUT2D eigenvalue weighted by Crippen LogP contribution is -2.47. The van der Waals surface area contributed by atoms with Gasteiger partial charge in [0.1, 0.15) is 12.1 Å². The minimum atomic E-state index is -1.38. The summed E-state index contributed by atoms with van der Waals surface area (Å²) in [7, 11) is 0. The van der Waals surface area contributed by atoms with Crippen molar-refractivity contribution in [2.75, 3.05) is 13.2 Å². The van der Waals surface area contributed by atoms with Crippen molar-refractivity contribution in [2.24, 2.45) is 0 Å². The molecule has 0 fully saturated rings. The first kappa shape index (κ1) is 58.6. The molecule has 0 spiro atoms. The minimum absolute atomic E-state index is 0.0392. The van der Waals surface area contributed by atoms with Gasteiger partial charge in [-0.1, -0.05) is 212 Å². The van der Waals surface area contributed by atoms with E-state index in [1.165, 1.54) is 167 Å². The predicted molar refractivity (Wildman–Crippen MR) is 255 cm³/mol. The highest BCUT2D eigenvalue weighted by Gasteiger charge is 2.19. The Balaban J connectivity index is 4.15. The summed E-state index contributed by atoms with van der Waals surface area (Å²) in [5.41, 5.74) is 0. The summed E-state index contributed by atoms with van der Waals surface area (Å²) in [5, 5.41) is 22.6. The molecule has 0 saturated carbocycles. The van der Waals surface area contributed by atoms with Gasteiger partial charge >= 0.3 is 11.9 Å². The first-order valence-electron chi connectivity index (χ1n) is 26.1. The fourth-order valence-corrected chi connectivity index (χ4v) is 8.01. The number of esters is 1. The van der Waals surface area contributed by atoms with Gasteiger partial charge in [0.2, 0.25) is 11.8 Å². The number of ether oxygens (including phenoxy) is 1. The number of hydrogen-bond donors (Lipinski definition) is 4. The number of nitrogens with one attached hydrogen (secondary N) is 2. The molecule has 2 unspecified atom stereocenters. The number of amides is 2. The van der Waals surface area contributed by atoms with E-state index in [0.29, 0.717) is 19.3 Å². The van der Waals surface area contributed by atoms with E-state index in [1.807, 2.05) is 0 Å². The van der Waals surface area contributed by atoms with E-state index in [0.717, 1.165) is 70.6 Å². The van der Waals surface area contributed by atoms with Crippen LogP contribution in [0.4, 0.5) is 0 Å². The number of aliphatic hydroxyl groups is 1. The van der Waals surface area contributed by atoms with Crippen LogP contribution in [0.2, 0.25) is 0 Å². The first-order chi connectivity index (χ1) is 29.8. The summed E-state index contributed by atoms with van der Waals surface area (Å²) in [6.45, 7) is 3.51. The Morgan fingerprint density at radius 1 is 0.475 bits per heavy atom. The molecule has 0 heterocycles. The predicted octanol–water partition coefficient (Wildman–Crippen LogP) is 13.8. The monoisotopic (exact) mass is 863 g/mol. The van der Waals surface area contributed by atoms with Crippen LogP contribution >= 0.6 is 0 Å². The van der Waals surface area contributed by atoms with E-state index in [4.69, 9.17) is 14.9 Å². The lowest BCUT2D eigenvalue weighted by Gasteiger charge is -2.18. The van der Waals surface area contributed by atoms with E-state index >= 15 is 0 Å². The number of aliphatic hydroxyl groups excluding tert-OH is 1. The molecular formula is C52H98N2O7. The van der Waals surface area contributed by atoms with Gasteiger partial charge in [0.05, 0.1) is 13.2 Å². The van der Waals surface area contributed by atoms with Crippen molar-refractivity contribution >= 4 is 23.8 Å². The lowest BCUT2D eigenvalue weighted by molar-refractivity contribution is -0.150. The maximum Gasteiger partial charge on any atom is 0.328 e. The second-order valence-corrected chi connectivity index (χ2v) is 18.0. The zero-order chi connectivity index (χ0) is 44.7. The van der Waals surface area contributed by atoms with E-state index < -0.39 is 24.5 Å². The van der Waals surface area contributed by atoms with Gasteiger partial charge in [-0.25, -0.2) is 4.79 Å². The second kappa shape index (κ2) is 47.1. The third-order valence-corrected chi connectivity index (χ3v) is 12.0. The van der Waals surface area contributed by atoms with Crippen molar-refractivity contribution in [1.82, 2.24) is 10.6 Å². The Hall–Kier alpha value is -2.42. The molecule has 0 radical (unpaired) electrons. The van der Waals surface area contributed by atoms with Crippen molar-refractivity contribution < 1.29 is 34.1 Å². The summed E-state index contributed by atoms with van der Waals surface area (Å²) in [6, 6.07) is -1.38. The van der Waals surface area contributed by atoms with Gasteiger partial charge in [0, 0.05) is 12.8 Å². The van der Waals surface area contributed by atoms with Gasteiger partial charge in [0.25, 0.3) is 0 Å². The Labute approximate surface area is 375 Å². The number of carbonyl (C=O) groups excluding carboxylic acids is 3. The van der Waals surface area contributed by atoms with Crippen molar-refractivity contribution in [3.63, 3.8) is 0 Å². The van der Waals surface area contributed by atoms with Crippen molar-refractivity contribution in [3.8, 4) is 0 Å². The van der Waals surface area contributed by atoms with Crippen molar-refractivity contribution in [3.05, 3.63) is 12.2 Å².